The molecule has 8 heteroatoms. The van der Waals surface area contributed by atoms with Gasteiger partial charge in [-0.2, -0.15) is 0 Å². The molecule has 2 aromatic heterocycles. The summed E-state index contributed by atoms with van der Waals surface area (Å²) in [5.41, 5.74) is 1.92. The van der Waals surface area contributed by atoms with Crippen LogP contribution in [0.5, 0.6) is 5.75 Å². The van der Waals surface area contributed by atoms with Gasteiger partial charge in [0.15, 0.2) is 12.4 Å². The number of nitrogens with zero attached hydrogens (tertiary/aromatic N) is 3. The molecule has 0 fully saturated rings. The number of amides is 1. The third-order valence-corrected chi connectivity index (χ3v) is 7.53. The summed E-state index contributed by atoms with van der Waals surface area (Å²) in [7, 11) is 1.66. The Morgan fingerprint density at radius 2 is 2.13 bits per heavy atom. The van der Waals surface area contributed by atoms with E-state index in [9.17, 15) is 14.4 Å². The molecular formula is C23H23N3O4S. The molecular weight excluding hydrogens is 414 g/mol. The summed E-state index contributed by atoms with van der Waals surface area (Å²) >= 11 is 1.60. The maximum atomic E-state index is 13.4. The van der Waals surface area contributed by atoms with E-state index in [1.54, 1.807) is 43.5 Å². The van der Waals surface area contributed by atoms with Gasteiger partial charge in [0, 0.05) is 17.5 Å². The van der Waals surface area contributed by atoms with Gasteiger partial charge in [0.05, 0.1) is 23.4 Å². The number of aryl methyl sites for hydroxylation is 1. The topological polar surface area (TPSA) is 81.5 Å². The molecule has 5 rings (SSSR count). The van der Waals surface area contributed by atoms with Crippen molar-refractivity contribution in [1.82, 2.24) is 9.55 Å². The standard InChI is InChI=1S/C23H23N3O4S/c1-12-4-6-15-18(8-12)31-22-20(15)23(29)26(11-24-22)13(2)21(28)14-5-7-17-16(9-14)25(3)19(27)10-30-17/h5,7,9,11-13H,4,6,8,10H2,1-3H3. The summed E-state index contributed by atoms with van der Waals surface area (Å²) in [5.74, 6) is 0.787. The molecule has 0 saturated carbocycles. The van der Waals surface area contributed by atoms with Crippen molar-refractivity contribution in [2.45, 2.75) is 39.2 Å². The first-order valence-electron chi connectivity index (χ1n) is 10.4. The number of anilines is 1. The van der Waals surface area contributed by atoms with Crippen LogP contribution in [-0.2, 0) is 17.6 Å². The number of hydrogen-bond acceptors (Lipinski definition) is 6. The second-order valence-electron chi connectivity index (χ2n) is 8.45. The van der Waals surface area contributed by atoms with Crippen molar-refractivity contribution in [2.75, 3.05) is 18.6 Å². The van der Waals surface area contributed by atoms with E-state index < -0.39 is 6.04 Å². The van der Waals surface area contributed by atoms with E-state index in [-0.39, 0.29) is 23.9 Å². The van der Waals surface area contributed by atoms with Crippen LogP contribution in [0.15, 0.2) is 29.3 Å². The molecule has 31 heavy (non-hydrogen) atoms. The van der Waals surface area contributed by atoms with Crippen molar-refractivity contribution in [3.05, 3.63) is 50.9 Å². The number of ether oxygens (including phenoxy) is 1. The summed E-state index contributed by atoms with van der Waals surface area (Å²) in [6.07, 6.45) is 4.40. The summed E-state index contributed by atoms with van der Waals surface area (Å²) in [6, 6.07) is 4.30. The quantitative estimate of drug-likeness (QED) is 0.587. The van der Waals surface area contributed by atoms with E-state index in [4.69, 9.17) is 4.74 Å². The summed E-state index contributed by atoms with van der Waals surface area (Å²) in [5, 5.41) is 0.665. The predicted octanol–water partition coefficient (Wildman–Crippen LogP) is 3.38. The number of ketones is 1. The molecule has 1 aliphatic carbocycles. The SMILES string of the molecule is CC1CCc2c(sc3ncn(C(C)C(=O)c4ccc5c(c4)N(C)C(=O)CO5)c(=O)c23)C1. The van der Waals surface area contributed by atoms with Gasteiger partial charge in [0.2, 0.25) is 0 Å². The van der Waals surface area contributed by atoms with Gasteiger partial charge in [-0.3, -0.25) is 19.0 Å². The number of hydrogen-bond donors (Lipinski definition) is 0. The van der Waals surface area contributed by atoms with Gasteiger partial charge in [-0.25, -0.2) is 4.98 Å². The van der Waals surface area contributed by atoms with Crippen molar-refractivity contribution in [2.24, 2.45) is 5.92 Å². The Morgan fingerprint density at radius 3 is 2.94 bits per heavy atom. The first-order chi connectivity index (χ1) is 14.8. The van der Waals surface area contributed by atoms with Crippen LogP contribution in [-0.4, -0.2) is 34.9 Å². The van der Waals surface area contributed by atoms with Gasteiger partial charge in [0.25, 0.3) is 11.5 Å². The minimum Gasteiger partial charge on any atom is -0.482 e. The van der Waals surface area contributed by atoms with Crippen molar-refractivity contribution in [1.29, 1.82) is 0 Å². The molecule has 0 spiro atoms. The number of aromatic nitrogens is 2. The van der Waals surface area contributed by atoms with Gasteiger partial charge in [-0.15, -0.1) is 11.3 Å². The zero-order valence-corrected chi connectivity index (χ0v) is 18.5. The molecule has 3 aromatic rings. The highest BCUT2D eigenvalue weighted by atomic mass is 32.1. The van der Waals surface area contributed by atoms with Crippen LogP contribution in [0.2, 0.25) is 0 Å². The summed E-state index contributed by atoms with van der Waals surface area (Å²) in [6.45, 7) is 3.93. The number of Topliss-reactive ketones (excluding diaryl/α,β-unsaturated/α-hetero) is 1. The van der Waals surface area contributed by atoms with Crippen molar-refractivity contribution in [3.8, 4) is 5.75 Å². The van der Waals surface area contributed by atoms with Crippen LogP contribution in [0.1, 0.15) is 47.1 Å². The number of carbonyl (C=O) groups is 2. The van der Waals surface area contributed by atoms with Crippen LogP contribution in [0.25, 0.3) is 10.2 Å². The number of likely N-dealkylation sites (N-methyl/N-ethyl adjacent to an activating group) is 1. The second-order valence-corrected chi connectivity index (χ2v) is 9.54. The van der Waals surface area contributed by atoms with Crippen LogP contribution in [0.3, 0.4) is 0 Å². The predicted molar refractivity (Wildman–Crippen MR) is 119 cm³/mol. The lowest BCUT2D eigenvalue weighted by Crippen LogP contribution is -2.35. The number of thiophene rings is 1. The molecule has 2 atom stereocenters. The Hall–Kier alpha value is -3.00. The van der Waals surface area contributed by atoms with Crippen LogP contribution >= 0.6 is 11.3 Å². The van der Waals surface area contributed by atoms with Gasteiger partial charge in [-0.05, 0) is 55.9 Å². The first kappa shape index (κ1) is 19.9. The van der Waals surface area contributed by atoms with E-state index in [1.807, 2.05) is 0 Å². The van der Waals surface area contributed by atoms with Crippen LogP contribution in [0.4, 0.5) is 5.69 Å². The van der Waals surface area contributed by atoms with Crippen LogP contribution in [0, 0.1) is 5.92 Å². The molecule has 1 amide bonds. The lowest BCUT2D eigenvalue weighted by molar-refractivity contribution is -0.120. The Balaban J connectivity index is 1.53. The molecule has 7 nitrogen and oxygen atoms in total. The fourth-order valence-corrected chi connectivity index (χ4v) is 5.75. The molecule has 0 radical (unpaired) electrons. The average molecular weight is 438 g/mol. The Morgan fingerprint density at radius 1 is 1.32 bits per heavy atom. The van der Waals surface area contributed by atoms with E-state index in [0.29, 0.717) is 28.3 Å². The molecule has 0 saturated heterocycles. The van der Waals surface area contributed by atoms with E-state index in [1.165, 1.54) is 20.7 Å². The van der Waals surface area contributed by atoms with Crippen molar-refractivity contribution >= 4 is 38.9 Å². The van der Waals surface area contributed by atoms with Gasteiger partial charge in [-0.1, -0.05) is 6.92 Å². The monoisotopic (exact) mass is 437 g/mol. The highest BCUT2D eigenvalue weighted by Crippen LogP contribution is 2.36. The summed E-state index contributed by atoms with van der Waals surface area (Å²) in [4.78, 5) is 46.5. The van der Waals surface area contributed by atoms with Crippen molar-refractivity contribution in [3.63, 3.8) is 0 Å². The highest BCUT2D eigenvalue weighted by Gasteiger charge is 2.27. The minimum absolute atomic E-state index is 0.0159. The van der Waals surface area contributed by atoms with Gasteiger partial charge >= 0.3 is 0 Å². The van der Waals surface area contributed by atoms with E-state index in [2.05, 4.69) is 11.9 Å². The highest BCUT2D eigenvalue weighted by molar-refractivity contribution is 7.18. The maximum Gasteiger partial charge on any atom is 0.264 e. The van der Waals surface area contributed by atoms with Crippen molar-refractivity contribution < 1.29 is 14.3 Å². The third kappa shape index (κ3) is 3.17. The molecule has 160 valence electrons. The number of carbonyl (C=O) groups excluding carboxylic acids is 2. The Bertz CT molecular complexity index is 1290. The molecule has 0 bridgehead atoms. The lowest BCUT2D eigenvalue weighted by atomic mass is 9.89. The molecule has 1 aliphatic heterocycles. The third-order valence-electron chi connectivity index (χ3n) is 6.37. The zero-order valence-electron chi connectivity index (χ0n) is 17.7. The minimum atomic E-state index is -0.717. The van der Waals surface area contributed by atoms with E-state index >= 15 is 0 Å². The van der Waals surface area contributed by atoms with E-state index in [0.717, 1.165) is 29.7 Å². The molecule has 1 aromatic carbocycles. The number of benzene rings is 1. The lowest BCUT2D eigenvalue weighted by Gasteiger charge is -2.26. The Labute approximate surface area is 183 Å². The first-order valence-corrected chi connectivity index (χ1v) is 11.3. The number of fused-ring (bicyclic) bond motifs is 4. The smallest absolute Gasteiger partial charge is 0.264 e. The second kappa shape index (κ2) is 7.30. The summed E-state index contributed by atoms with van der Waals surface area (Å²) < 4.78 is 6.87. The molecule has 2 aliphatic rings. The molecule has 3 heterocycles. The zero-order chi connectivity index (χ0) is 21.9. The fourth-order valence-electron chi connectivity index (χ4n) is 4.41. The Kier molecular flexibility index (Phi) is 4.69. The fraction of sp³-hybridized carbons (Fsp3) is 0.391. The number of rotatable bonds is 3. The normalized spacial score (nSPS) is 19.0. The molecule has 2 unspecified atom stereocenters. The van der Waals surface area contributed by atoms with Crippen LogP contribution < -0.4 is 15.2 Å². The maximum absolute atomic E-state index is 13.4. The van der Waals surface area contributed by atoms with Gasteiger partial charge < -0.3 is 9.64 Å². The van der Waals surface area contributed by atoms with Gasteiger partial charge in [0.1, 0.15) is 10.6 Å². The average Bonchev–Trinajstić information content (AvgIpc) is 3.13. The molecule has 0 N–H and O–H groups in total. The largest absolute Gasteiger partial charge is 0.482 e.